The molecule has 1 atom stereocenters. The van der Waals surface area contributed by atoms with Crippen molar-refractivity contribution in [3.8, 4) is 11.5 Å². The van der Waals surface area contributed by atoms with Crippen molar-refractivity contribution in [1.82, 2.24) is 5.32 Å². The van der Waals surface area contributed by atoms with Gasteiger partial charge in [0.2, 0.25) is 0 Å². The van der Waals surface area contributed by atoms with Crippen LogP contribution in [0.5, 0.6) is 11.5 Å². The first kappa shape index (κ1) is 13.6. The number of benzene rings is 1. The minimum atomic E-state index is -0.254. The molecular weight excluding hydrogens is 242 g/mol. The normalized spacial score (nSPS) is 11.9. The molecule has 0 aliphatic carbocycles. The first-order chi connectivity index (χ1) is 8.12. The number of halogens is 1. The SMILES string of the molecule is CCC(CCl)NC(=O)c1ccc(OC)c(O)c1. The van der Waals surface area contributed by atoms with Crippen LogP contribution in [0.15, 0.2) is 18.2 Å². The summed E-state index contributed by atoms with van der Waals surface area (Å²) in [6, 6.07) is 4.45. The molecule has 0 radical (unpaired) electrons. The molecule has 1 aromatic rings. The number of amides is 1. The lowest BCUT2D eigenvalue weighted by atomic mass is 10.1. The number of alkyl halides is 1. The molecule has 0 aliphatic heterocycles. The predicted molar refractivity (Wildman–Crippen MR) is 66.9 cm³/mol. The molecule has 0 heterocycles. The molecule has 1 amide bonds. The minimum absolute atomic E-state index is 0.0564. The molecule has 1 unspecified atom stereocenters. The number of phenolic OH excluding ortho intramolecular Hbond substituents is 1. The summed E-state index contributed by atoms with van der Waals surface area (Å²) in [5.74, 6) is 0.394. The zero-order valence-electron chi connectivity index (χ0n) is 9.87. The number of nitrogens with one attached hydrogen (secondary N) is 1. The number of phenols is 1. The summed E-state index contributed by atoms with van der Waals surface area (Å²) in [5, 5.41) is 12.3. The summed E-state index contributed by atoms with van der Waals surface area (Å²) >= 11 is 5.69. The minimum Gasteiger partial charge on any atom is -0.504 e. The average molecular weight is 258 g/mol. The van der Waals surface area contributed by atoms with Crippen LogP contribution in [-0.4, -0.2) is 30.0 Å². The highest BCUT2D eigenvalue weighted by Gasteiger charge is 2.13. The molecule has 94 valence electrons. The van der Waals surface area contributed by atoms with Crippen LogP contribution in [0.2, 0.25) is 0 Å². The Morgan fingerprint density at radius 3 is 2.76 bits per heavy atom. The fourth-order valence-corrected chi connectivity index (χ4v) is 1.65. The Hall–Kier alpha value is -1.42. The van der Waals surface area contributed by atoms with Crippen molar-refractivity contribution in [3.63, 3.8) is 0 Å². The molecule has 0 aliphatic rings. The van der Waals surface area contributed by atoms with E-state index in [1.54, 1.807) is 12.1 Å². The van der Waals surface area contributed by atoms with Crippen molar-refractivity contribution >= 4 is 17.5 Å². The molecule has 2 N–H and O–H groups in total. The van der Waals surface area contributed by atoms with Crippen LogP contribution in [-0.2, 0) is 0 Å². The smallest absolute Gasteiger partial charge is 0.251 e. The van der Waals surface area contributed by atoms with Gasteiger partial charge < -0.3 is 15.2 Å². The number of hydrogen-bond donors (Lipinski definition) is 2. The second-order valence-corrected chi connectivity index (χ2v) is 3.93. The molecule has 4 nitrogen and oxygen atoms in total. The van der Waals surface area contributed by atoms with Crippen LogP contribution in [0.4, 0.5) is 0 Å². The van der Waals surface area contributed by atoms with E-state index in [1.807, 2.05) is 6.92 Å². The van der Waals surface area contributed by atoms with Crippen LogP contribution in [0.3, 0.4) is 0 Å². The molecule has 5 heteroatoms. The van der Waals surface area contributed by atoms with E-state index in [-0.39, 0.29) is 17.7 Å². The lowest BCUT2D eigenvalue weighted by Crippen LogP contribution is -2.35. The zero-order valence-corrected chi connectivity index (χ0v) is 10.6. The van der Waals surface area contributed by atoms with E-state index >= 15 is 0 Å². The standard InChI is InChI=1S/C12H16ClNO3/c1-3-9(7-13)14-12(16)8-4-5-11(17-2)10(15)6-8/h4-6,9,15H,3,7H2,1-2H3,(H,14,16). The Morgan fingerprint density at radius 1 is 1.59 bits per heavy atom. The maximum absolute atomic E-state index is 11.8. The van der Waals surface area contributed by atoms with Gasteiger partial charge in [0.25, 0.3) is 5.91 Å². The van der Waals surface area contributed by atoms with Crippen LogP contribution in [0.25, 0.3) is 0 Å². The van der Waals surface area contributed by atoms with E-state index in [1.165, 1.54) is 13.2 Å². The molecule has 0 spiro atoms. The Balaban J connectivity index is 2.79. The van der Waals surface area contributed by atoms with Gasteiger partial charge in [0, 0.05) is 17.5 Å². The molecule has 0 fully saturated rings. The number of aromatic hydroxyl groups is 1. The topological polar surface area (TPSA) is 58.6 Å². The quantitative estimate of drug-likeness (QED) is 0.795. The monoisotopic (exact) mass is 257 g/mol. The van der Waals surface area contributed by atoms with Gasteiger partial charge in [-0.05, 0) is 24.6 Å². The highest BCUT2D eigenvalue weighted by Crippen LogP contribution is 2.26. The second kappa shape index (κ2) is 6.35. The summed E-state index contributed by atoms with van der Waals surface area (Å²) in [6.07, 6.45) is 0.761. The summed E-state index contributed by atoms with van der Waals surface area (Å²) in [7, 11) is 1.45. The van der Waals surface area contributed by atoms with Gasteiger partial charge in [-0.15, -0.1) is 11.6 Å². The molecule has 17 heavy (non-hydrogen) atoms. The third-order valence-electron chi connectivity index (χ3n) is 2.46. The fourth-order valence-electron chi connectivity index (χ4n) is 1.35. The molecule has 0 saturated heterocycles. The molecule has 1 aromatic carbocycles. The van der Waals surface area contributed by atoms with Crippen molar-refractivity contribution < 1.29 is 14.6 Å². The summed E-state index contributed by atoms with van der Waals surface area (Å²) < 4.78 is 4.90. The lowest BCUT2D eigenvalue weighted by Gasteiger charge is -2.14. The van der Waals surface area contributed by atoms with E-state index in [0.717, 1.165) is 6.42 Å². The van der Waals surface area contributed by atoms with E-state index in [4.69, 9.17) is 16.3 Å². The van der Waals surface area contributed by atoms with Crippen LogP contribution in [0, 0.1) is 0 Å². The van der Waals surface area contributed by atoms with Crippen LogP contribution >= 0.6 is 11.6 Å². The molecule has 1 rings (SSSR count). The maximum atomic E-state index is 11.8. The van der Waals surface area contributed by atoms with Crippen molar-refractivity contribution in [2.24, 2.45) is 0 Å². The first-order valence-corrected chi connectivity index (χ1v) is 5.89. The van der Waals surface area contributed by atoms with Gasteiger partial charge in [0.15, 0.2) is 11.5 Å². The van der Waals surface area contributed by atoms with Crippen molar-refractivity contribution in [2.45, 2.75) is 19.4 Å². The van der Waals surface area contributed by atoms with Gasteiger partial charge >= 0.3 is 0 Å². The summed E-state index contributed by atoms with van der Waals surface area (Å²) in [4.78, 5) is 11.8. The van der Waals surface area contributed by atoms with Crippen LogP contribution in [0.1, 0.15) is 23.7 Å². The number of carbonyl (C=O) groups excluding carboxylic acids is 1. The third-order valence-corrected chi connectivity index (χ3v) is 2.83. The summed E-state index contributed by atoms with van der Waals surface area (Å²) in [6.45, 7) is 1.94. The Morgan fingerprint density at radius 2 is 2.29 bits per heavy atom. The largest absolute Gasteiger partial charge is 0.504 e. The Labute approximate surface area is 106 Å². The number of hydrogen-bond acceptors (Lipinski definition) is 3. The molecule has 0 aromatic heterocycles. The lowest BCUT2D eigenvalue weighted by molar-refractivity contribution is 0.0939. The van der Waals surface area contributed by atoms with E-state index in [2.05, 4.69) is 5.32 Å². The van der Waals surface area contributed by atoms with Gasteiger partial charge in [-0.1, -0.05) is 6.92 Å². The highest BCUT2D eigenvalue weighted by molar-refractivity contribution is 6.18. The number of ether oxygens (including phenoxy) is 1. The molecule has 0 bridgehead atoms. The fraction of sp³-hybridized carbons (Fsp3) is 0.417. The average Bonchev–Trinajstić information content (AvgIpc) is 2.35. The highest BCUT2D eigenvalue weighted by atomic mass is 35.5. The van der Waals surface area contributed by atoms with Gasteiger partial charge in [-0.3, -0.25) is 4.79 Å². The Kier molecular flexibility index (Phi) is 5.10. The molecule has 0 saturated carbocycles. The van der Waals surface area contributed by atoms with E-state index < -0.39 is 0 Å². The van der Waals surface area contributed by atoms with Crippen molar-refractivity contribution in [2.75, 3.05) is 13.0 Å². The number of rotatable bonds is 5. The second-order valence-electron chi connectivity index (χ2n) is 3.62. The Bertz CT molecular complexity index is 391. The van der Waals surface area contributed by atoms with Gasteiger partial charge in [0.05, 0.1) is 7.11 Å². The number of methoxy groups -OCH3 is 1. The van der Waals surface area contributed by atoms with Crippen molar-refractivity contribution in [3.05, 3.63) is 23.8 Å². The van der Waals surface area contributed by atoms with E-state index in [9.17, 15) is 9.90 Å². The third kappa shape index (κ3) is 3.53. The van der Waals surface area contributed by atoms with E-state index in [0.29, 0.717) is 17.2 Å². The first-order valence-electron chi connectivity index (χ1n) is 5.36. The maximum Gasteiger partial charge on any atom is 0.251 e. The number of carbonyl (C=O) groups is 1. The summed E-state index contributed by atoms with van der Waals surface area (Å²) in [5.41, 5.74) is 0.381. The molecular formula is C12H16ClNO3. The van der Waals surface area contributed by atoms with Gasteiger partial charge in [-0.2, -0.15) is 0 Å². The van der Waals surface area contributed by atoms with Gasteiger partial charge in [0.1, 0.15) is 0 Å². The zero-order chi connectivity index (χ0) is 12.8. The van der Waals surface area contributed by atoms with Gasteiger partial charge in [-0.25, -0.2) is 0 Å². The predicted octanol–water partition coefficient (Wildman–Crippen LogP) is 2.15. The van der Waals surface area contributed by atoms with Crippen molar-refractivity contribution in [1.29, 1.82) is 0 Å². The van der Waals surface area contributed by atoms with Crippen LogP contribution < -0.4 is 10.1 Å².